The van der Waals surface area contributed by atoms with Crippen LogP contribution in [0.2, 0.25) is 0 Å². The van der Waals surface area contributed by atoms with Crippen molar-refractivity contribution in [2.24, 2.45) is 0 Å². The van der Waals surface area contributed by atoms with Crippen LogP contribution >= 0.6 is 0 Å². The zero-order valence-corrected chi connectivity index (χ0v) is 10.8. The number of aliphatic hydroxyl groups is 1. The Balaban J connectivity index is 0. The summed E-state index contributed by atoms with van der Waals surface area (Å²) >= 11 is 0. The molecule has 0 aliphatic carbocycles. The second-order valence-corrected chi connectivity index (χ2v) is 2.47. The molecule has 0 aromatic carbocycles. The van der Waals surface area contributed by atoms with Crippen molar-refractivity contribution in [1.29, 1.82) is 5.41 Å². The molecule has 0 bridgehead atoms. The third-order valence-electron chi connectivity index (χ3n) is 1.27. The molecule has 1 radical (unpaired) electrons. The summed E-state index contributed by atoms with van der Waals surface area (Å²) in [7, 11) is 0. The van der Waals surface area contributed by atoms with E-state index in [-0.39, 0.29) is 27.3 Å². The fourth-order valence-corrected chi connectivity index (χ4v) is 0.711. The minimum atomic E-state index is -2.85. The van der Waals surface area contributed by atoms with Gasteiger partial charge in [-0.25, -0.2) is 0 Å². The van der Waals surface area contributed by atoms with Crippen molar-refractivity contribution < 1.29 is 30.0 Å². The maximum atomic E-state index is 10.2. The molecule has 0 heterocycles. The van der Waals surface area contributed by atoms with E-state index in [1.807, 2.05) is 0 Å². The van der Waals surface area contributed by atoms with E-state index in [1.165, 1.54) is 0 Å². The third-order valence-corrected chi connectivity index (χ3v) is 1.27. The van der Waals surface area contributed by atoms with Gasteiger partial charge in [0.1, 0.15) is 5.60 Å². The molecule has 14 heavy (non-hydrogen) atoms. The van der Waals surface area contributed by atoms with Gasteiger partial charge in [-0.05, 0) is 5.90 Å². The van der Waals surface area contributed by atoms with E-state index in [4.69, 9.17) is 10.5 Å². The van der Waals surface area contributed by atoms with Gasteiger partial charge in [0.15, 0.2) is 0 Å². The van der Waals surface area contributed by atoms with Crippen molar-refractivity contribution in [3.05, 3.63) is 0 Å². The summed E-state index contributed by atoms with van der Waals surface area (Å²) < 4.78 is 0. The van der Waals surface area contributed by atoms with E-state index in [0.29, 0.717) is 0 Å². The molecule has 0 spiro atoms. The summed E-state index contributed by atoms with van der Waals surface area (Å²) in [5, 5.41) is 45.7. The Bertz CT molecular complexity index is 237. The van der Waals surface area contributed by atoms with E-state index in [9.17, 15) is 24.9 Å². The van der Waals surface area contributed by atoms with E-state index in [0.717, 1.165) is 0 Å². The summed E-state index contributed by atoms with van der Waals surface area (Å²) in [4.78, 5) is 20.2. The fraction of sp³-hybridized carbons (Fsp3) is 0.500. The monoisotopic (exact) mass is 396 g/mol. The van der Waals surface area contributed by atoms with E-state index in [1.54, 1.807) is 0 Å². The normalized spacial score (nSPS) is 13.5. The third kappa shape index (κ3) is 5.12. The molecule has 8 heteroatoms. The van der Waals surface area contributed by atoms with Crippen LogP contribution in [0.1, 0.15) is 12.8 Å². The molecule has 2 N–H and O–H groups in total. The minimum absolute atomic E-state index is 0. The van der Waals surface area contributed by atoms with Gasteiger partial charge in [0, 0.05) is 18.8 Å². The first-order valence-electron chi connectivity index (χ1n) is 3.16. The molecule has 0 amide bonds. The van der Waals surface area contributed by atoms with Crippen molar-refractivity contribution >= 4 is 45.1 Å². The van der Waals surface area contributed by atoms with Crippen LogP contribution in [0.4, 0.5) is 0 Å². The molecular formula is C6H6NO6Pb. The molecular weight excluding hydrogens is 389 g/mol. The summed E-state index contributed by atoms with van der Waals surface area (Å²) in [6.45, 7) is 0. The Hall–Kier alpha value is -0.708. The summed E-state index contributed by atoms with van der Waals surface area (Å²) in [5.41, 5.74) is -2.85. The molecule has 1 unspecified atom stereocenters. The zero-order valence-electron chi connectivity index (χ0n) is 6.90. The Morgan fingerprint density at radius 2 is 1.64 bits per heavy atom. The SMILES string of the molecule is N=C([O-])CC(O)(CC(=O)[O-])C(=O)[O-].[Pb+3]. The largest absolute Gasteiger partial charge is 3.00 e. The minimum Gasteiger partial charge on any atom is -0.862 e. The Labute approximate surface area is 99.0 Å². The van der Waals surface area contributed by atoms with Gasteiger partial charge in [-0.2, -0.15) is 0 Å². The molecule has 0 aliphatic heterocycles. The van der Waals surface area contributed by atoms with E-state index < -0.39 is 36.3 Å². The fourth-order valence-electron chi connectivity index (χ4n) is 0.711. The summed E-state index contributed by atoms with van der Waals surface area (Å²) in [6.07, 6.45) is -2.41. The Morgan fingerprint density at radius 1 is 1.21 bits per heavy atom. The zero-order chi connectivity index (χ0) is 10.6. The van der Waals surface area contributed by atoms with Gasteiger partial charge in [-0.15, -0.1) is 0 Å². The van der Waals surface area contributed by atoms with Gasteiger partial charge in [-0.3, -0.25) is 0 Å². The predicted octanol–water partition coefficient (Wildman–Crippen LogP) is -5.05. The second kappa shape index (κ2) is 5.91. The van der Waals surface area contributed by atoms with Crippen molar-refractivity contribution in [2.75, 3.05) is 0 Å². The van der Waals surface area contributed by atoms with Crippen LogP contribution in [0.3, 0.4) is 0 Å². The summed E-state index contributed by atoms with van der Waals surface area (Å²) in [5.74, 6) is -5.35. The van der Waals surface area contributed by atoms with Crippen LogP contribution in [-0.4, -0.2) is 55.8 Å². The number of carboxylic acid groups (broad SMARTS) is 2. The van der Waals surface area contributed by atoms with Gasteiger partial charge in [0.25, 0.3) is 0 Å². The molecule has 0 fully saturated rings. The number of aliphatic carboxylic acids is 2. The van der Waals surface area contributed by atoms with E-state index in [2.05, 4.69) is 0 Å². The first-order chi connectivity index (χ1) is 5.78. The van der Waals surface area contributed by atoms with Crippen LogP contribution in [0, 0.1) is 5.41 Å². The number of rotatable bonds is 5. The number of carbonyl (C=O) groups is 2. The van der Waals surface area contributed by atoms with Crippen LogP contribution in [0.15, 0.2) is 0 Å². The van der Waals surface area contributed by atoms with Crippen molar-refractivity contribution in [3.63, 3.8) is 0 Å². The standard InChI is InChI=1S/C6H9NO6.Pb/c7-3(8)1-6(13,5(11)12)2-4(9)10;/h13H,1-2H2,(H2,7,8)(H,9,10)(H,11,12);/q;+3/p-3. The van der Waals surface area contributed by atoms with Crippen LogP contribution in [0.25, 0.3) is 0 Å². The predicted molar refractivity (Wildman–Crippen MR) is 37.7 cm³/mol. The average molecular weight is 395 g/mol. The van der Waals surface area contributed by atoms with Gasteiger partial charge in [0.05, 0.1) is 5.97 Å². The van der Waals surface area contributed by atoms with Crippen LogP contribution in [-0.2, 0) is 9.59 Å². The number of carbonyl (C=O) groups excluding carboxylic acids is 2. The molecule has 75 valence electrons. The topological polar surface area (TPSA) is 147 Å². The van der Waals surface area contributed by atoms with Gasteiger partial charge in [0.2, 0.25) is 0 Å². The van der Waals surface area contributed by atoms with Crippen molar-refractivity contribution in [2.45, 2.75) is 18.4 Å². The number of nitrogens with one attached hydrogen (secondary N) is 1. The number of hydrogen-bond donors (Lipinski definition) is 2. The Kier molecular flexibility index (Phi) is 6.64. The van der Waals surface area contributed by atoms with Gasteiger partial charge < -0.3 is 35.4 Å². The maximum absolute atomic E-state index is 10.2. The summed E-state index contributed by atoms with van der Waals surface area (Å²) in [6, 6.07) is 0. The molecule has 7 nitrogen and oxygen atoms in total. The quantitative estimate of drug-likeness (QED) is 0.271. The first-order valence-corrected chi connectivity index (χ1v) is 3.16. The molecule has 0 saturated heterocycles. The molecule has 0 aliphatic rings. The van der Waals surface area contributed by atoms with Gasteiger partial charge in [-0.1, -0.05) is 0 Å². The molecule has 0 aromatic rings. The first kappa shape index (κ1) is 15.8. The van der Waals surface area contributed by atoms with Crippen LogP contribution in [0.5, 0.6) is 0 Å². The van der Waals surface area contributed by atoms with Gasteiger partial charge >= 0.3 is 27.3 Å². The smallest absolute Gasteiger partial charge is 0.862 e. The van der Waals surface area contributed by atoms with Crippen molar-refractivity contribution in [1.82, 2.24) is 0 Å². The Morgan fingerprint density at radius 3 is 1.86 bits per heavy atom. The average Bonchev–Trinajstić information content (AvgIpc) is 1.82. The second-order valence-electron chi connectivity index (χ2n) is 2.47. The van der Waals surface area contributed by atoms with Crippen molar-refractivity contribution in [3.8, 4) is 0 Å². The molecule has 0 saturated carbocycles. The maximum Gasteiger partial charge on any atom is 3.00 e. The molecule has 1 atom stereocenters. The number of carboxylic acids is 2. The number of hydrogen-bond acceptors (Lipinski definition) is 7. The molecule has 0 aromatic heterocycles. The molecule has 0 rings (SSSR count). The van der Waals surface area contributed by atoms with E-state index >= 15 is 0 Å². The van der Waals surface area contributed by atoms with Crippen LogP contribution < -0.4 is 15.3 Å².